The second-order valence-corrected chi connectivity index (χ2v) is 4.85. The van der Waals surface area contributed by atoms with Gasteiger partial charge in [0.1, 0.15) is 5.82 Å². The van der Waals surface area contributed by atoms with E-state index in [0.717, 1.165) is 0 Å². The van der Waals surface area contributed by atoms with Crippen molar-refractivity contribution in [2.45, 2.75) is 12.2 Å². The second kappa shape index (κ2) is 5.22. The van der Waals surface area contributed by atoms with Gasteiger partial charge < -0.3 is 5.11 Å². The fourth-order valence-electron chi connectivity index (χ4n) is 1.21. The molecule has 2 nitrogen and oxygen atoms in total. The Morgan fingerprint density at radius 1 is 1.50 bits per heavy atom. The molecule has 0 amide bonds. The van der Waals surface area contributed by atoms with Gasteiger partial charge in [0.2, 0.25) is 0 Å². The van der Waals surface area contributed by atoms with Crippen LogP contribution in [0.2, 0.25) is 0 Å². The van der Waals surface area contributed by atoms with Gasteiger partial charge >= 0.3 is 0 Å². The van der Waals surface area contributed by atoms with Gasteiger partial charge in [-0.2, -0.15) is 0 Å². The highest BCUT2D eigenvalue weighted by Gasteiger charge is 2.15. The molecule has 1 N–H and O–H groups in total. The van der Waals surface area contributed by atoms with Gasteiger partial charge in [0, 0.05) is 22.1 Å². The lowest BCUT2D eigenvalue weighted by molar-refractivity contribution is 0.321. The van der Waals surface area contributed by atoms with Crippen molar-refractivity contribution >= 4 is 10.8 Å². The maximum atomic E-state index is 13.2. The van der Waals surface area contributed by atoms with Gasteiger partial charge in [-0.3, -0.25) is 4.21 Å². The summed E-state index contributed by atoms with van der Waals surface area (Å²) in [6, 6.07) is 6.28. The van der Waals surface area contributed by atoms with E-state index in [1.165, 1.54) is 6.07 Å². The van der Waals surface area contributed by atoms with Gasteiger partial charge in [-0.25, -0.2) is 4.39 Å². The van der Waals surface area contributed by atoms with Crippen molar-refractivity contribution in [3.63, 3.8) is 0 Å². The lowest BCUT2D eigenvalue weighted by Crippen LogP contribution is -2.10. The SMILES string of the molecule is C[C@@H](c1ccccc1F)[S@@](=O)CCO. The molecular formula is C10H13FO2S. The molecule has 0 bridgehead atoms. The summed E-state index contributed by atoms with van der Waals surface area (Å²) < 4.78 is 24.7. The Kier molecular flexibility index (Phi) is 4.22. The number of halogens is 1. The molecule has 1 aromatic carbocycles. The molecule has 0 fully saturated rings. The highest BCUT2D eigenvalue weighted by Crippen LogP contribution is 2.21. The third kappa shape index (κ3) is 2.62. The molecule has 0 radical (unpaired) electrons. The fourth-order valence-corrected chi connectivity index (χ4v) is 2.22. The molecule has 0 heterocycles. The molecule has 78 valence electrons. The number of aliphatic hydroxyl groups excluding tert-OH is 1. The Morgan fingerprint density at radius 3 is 2.71 bits per heavy atom. The Hall–Kier alpha value is -0.740. The van der Waals surface area contributed by atoms with E-state index >= 15 is 0 Å². The predicted molar refractivity (Wildman–Crippen MR) is 54.9 cm³/mol. The summed E-state index contributed by atoms with van der Waals surface area (Å²) >= 11 is 0. The first kappa shape index (κ1) is 11.3. The third-order valence-electron chi connectivity index (χ3n) is 2.03. The van der Waals surface area contributed by atoms with Crippen LogP contribution in [-0.4, -0.2) is 21.7 Å². The van der Waals surface area contributed by atoms with Crippen molar-refractivity contribution < 1.29 is 13.7 Å². The lowest BCUT2D eigenvalue weighted by atomic mass is 10.1. The van der Waals surface area contributed by atoms with Crippen LogP contribution in [0.4, 0.5) is 4.39 Å². The van der Waals surface area contributed by atoms with Crippen LogP contribution in [0, 0.1) is 5.82 Å². The fraction of sp³-hybridized carbons (Fsp3) is 0.400. The van der Waals surface area contributed by atoms with Crippen molar-refractivity contribution in [2.24, 2.45) is 0 Å². The average Bonchev–Trinajstić information content (AvgIpc) is 2.18. The highest BCUT2D eigenvalue weighted by molar-refractivity contribution is 7.85. The molecule has 0 spiro atoms. The number of hydrogen-bond donors (Lipinski definition) is 1. The Bertz CT molecular complexity index is 328. The first-order valence-electron chi connectivity index (χ1n) is 4.39. The lowest BCUT2D eigenvalue weighted by Gasteiger charge is -2.11. The van der Waals surface area contributed by atoms with Crippen molar-refractivity contribution in [3.05, 3.63) is 35.6 Å². The van der Waals surface area contributed by atoms with Gasteiger partial charge in [-0.1, -0.05) is 18.2 Å². The molecule has 0 aromatic heterocycles. The Labute approximate surface area is 85.2 Å². The Morgan fingerprint density at radius 2 is 2.14 bits per heavy atom. The quantitative estimate of drug-likeness (QED) is 0.830. The molecule has 0 unspecified atom stereocenters. The van der Waals surface area contributed by atoms with E-state index in [4.69, 9.17) is 5.11 Å². The van der Waals surface area contributed by atoms with E-state index < -0.39 is 10.8 Å². The van der Waals surface area contributed by atoms with Crippen LogP contribution < -0.4 is 0 Å². The summed E-state index contributed by atoms with van der Waals surface area (Å²) in [6.45, 7) is 1.57. The summed E-state index contributed by atoms with van der Waals surface area (Å²) in [4.78, 5) is 0. The molecule has 2 atom stereocenters. The van der Waals surface area contributed by atoms with Crippen molar-refractivity contribution in [3.8, 4) is 0 Å². The van der Waals surface area contributed by atoms with E-state index in [9.17, 15) is 8.60 Å². The molecule has 1 rings (SSSR count). The van der Waals surface area contributed by atoms with E-state index in [0.29, 0.717) is 5.56 Å². The maximum absolute atomic E-state index is 13.2. The molecule has 14 heavy (non-hydrogen) atoms. The largest absolute Gasteiger partial charge is 0.395 e. The van der Waals surface area contributed by atoms with E-state index in [1.807, 2.05) is 0 Å². The standard InChI is InChI=1S/C10H13FO2S/c1-8(14(13)7-6-12)9-4-2-3-5-10(9)11/h2-5,8,12H,6-7H2,1H3/t8-,14-/m0/s1. The van der Waals surface area contributed by atoms with Crippen LogP contribution in [0.3, 0.4) is 0 Å². The summed E-state index contributed by atoms with van der Waals surface area (Å²) in [5, 5.41) is 8.24. The summed E-state index contributed by atoms with van der Waals surface area (Å²) in [5.74, 6) is -0.151. The highest BCUT2D eigenvalue weighted by atomic mass is 32.2. The predicted octanol–water partition coefficient (Wildman–Crippen LogP) is 1.63. The van der Waals surface area contributed by atoms with Crippen molar-refractivity contribution in [2.75, 3.05) is 12.4 Å². The topological polar surface area (TPSA) is 37.3 Å². The minimum atomic E-state index is -1.22. The van der Waals surface area contributed by atoms with Crippen molar-refractivity contribution in [1.82, 2.24) is 0 Å². The summed E-state index contributed by atoms with van der Waals surface area (Å²) in [5.41, 5.74) is 0.444. The van der Waals surface area contributed by atoms with Crippen LogP contribution in [0.25, 0.3) is 0 Å². The number of rotatable bonds is 4. The van der Waals surface area contributed by atoms with Gasteiger partial charge in [-0.05, 0) is 13.0 Å². The summed E-state index contributed by atoms with van der Waals surface area (Å²) in [7, 11) is -1.22. The monoisotopic (exact) mass is 216 g/mol. The van der Waals surface area contributed by atoms with Gasteiger partial charge in [0.25, 0.3) is 0 Å². The maximum Gasteiger partial charge on any atom is 0.127 e. The number of aliphatic hydroxyl groups is 1. The minimum absolute atomic E-state index is 0.134. The molecule has 1 aromatic rings. The zero-order valence-corrected chi connectivity index (χ0v) is 8.76. The third-order valence-corrected chi connectivity index (χ3v) is 3.66. The summed E-state index contributed by atoms with van der Waals surface area (Å²) in [6.07, 6.45) is 0. The van der Waals surface area contributed by atoms with Crippen molar-refractivity contribution in [1.29, 1.82) is 0 Å². The van der Waals surface area contributed by atoms with E-state index in [-0.39, 0.29) is 23.4 Å². The van der Waals surface area contributed by atoms with Crippen LogP contribution >= 0.6 is 0 Å². The van der Waals surface area contributed by atoms with E-state index in [2.05, 4.69) is 0 Å². The van der Waals surface area contributed by atoms with Crippen LogP contribution in [0.5, 0.6) is 0 Å². The molecule has 0 aliphatic rings. The number of benzene rings is 1. The number of hydrogen-bond acceptors (Lipinski definition) is 2. The second-order valence-electron chi connectivity index (χ2n) is 2.97. The molecule has 0 saturated carbocycles. The smallest absolute Gasteiger partial charge is 0.127 e. The first-order valence-corrected chi connectivity index (χ1v) is 5.77. The van der Waals surface area contributed by atoms with Gasteiger partial charge in [-0.15, -0.1) is 0 Å². The molecule has 0 aliphatic carbocycles. The zero-order chi connectivity index (χ0) is 10.6. The molecule has 0 saturated heterocycles. The average molecular weight is 216 g/mol. The van der Waals surface area contributed by atoms with E-state index in [1.54, 1.807) is 25.1 Å². The normalized spacial score (nSPS) is 15.1. The van der Waals surface area contributed by atoms with Crippen LogP contribution in [-0.2, 0) is 10.8 Å². The molecule has 4 heteroatoms. The zero-order valence-electron chi connectivity index (χ0n) is 7.94. The van der Waals surface area contributed by atoms with Crippen LogP contribution in [0.1, 0.15) is 17.7 Å². The minimum Gasteiger partial charge on any atom is -0.395 e. The first-order chi connectivity index (χ1) is 6.66. The Balaban J connectivity index is 2.84. The molecule has 0 aliphatic heterocycles. The van der Waals surface area contributed by atoms with Gasteiger partial charge in [0.15, 0.2) is 0 Å². The molecular weight excluding hydrogens is 203 g/mol. The van der Waals surface area contributed by atoms with Crippen LogP contribution in [0.15, 0.2) is 24.3 Å². The van der Waals surface area contributed by atoms with Gasteiger partial charge in [0.05, 0.1) is 11.9 Å².